The topological polar surface area (TPSA) is 64.1 Å². The number of halogens is 2. The average molecular weight is 280 g/mol. The molecule has 0 heterocycles. The lowest BCUT2D eigenvalue weighted by atomic mass is 9.94. The Morgan fingerprint density at radius 3 is 2.42 bits per heavy atom. The molecule has 0 bridgehead atoms. The Morgan fingerprint density at radius 2 is 1.84 bits per heavy atom. The summed E-state index contributed by atoms with van der Waals surface area (Å²) >= 11 is 5.88. The molecule has 0 aliphatic rings. The van der Waals surface area contributed by atoms with Crippen LogP contribution in [-0.2, 0) is 0 Å². The number of benzene rings is 2. The highest BCUT2D eigenvalue weighted by atomic mass is 35.5. The van der Waals surface area contributed by atoms with Crippen LogP contribution in [0.5, 0.6) is 0 Å². The van der Waals surface area contributed by atoms with Crippen LogP contribution in [0.2, 0.25) is 5.02 Å². The third kappa shape index (κ3) is 2.87. The van der Waals surface area contributed by atoms with E-state index < -0.39 is 0 Å². The van der Waals surface area contributed by atoms with Gasteiger partial charge >= 0.3 is 0 Å². The molecule has 0 fully saturated rings. The Balaban J connectivity index is 2.50. The predicted molar refractivity (Wildman–Crippen MR) is 76.2 cm³/mol. The van der Waals surface area contributed by atoms with Crippen LogP contribution in [0.15, 0.2) is 36.4 Å². The van der Waals surface area contributed by atoms with E-state index in [2.05, 4.69) is 5.43 Å². The van der Waals surface area contributed by atoms with E-state index in [0.29, 0.717) is 10.7 Å². The van der Waals surface area contributed by atoms with Gasteiger partial charge in [0.05, 0.1) is 6.04 Å². The molecule has 2 rings (SSSR count). The Hall–Kier alpha value is -1.62. The van der Waals surface area contributed by atoms with Gasteiger partial charge in [-0.1, -0.05) is 23.7 Å². The summed E-state index contributed by atoms with van der Waals surface area (Å²) < 4.78 is 13.2. The smallest absolute Gasteiger partial charge is 0.123 e. The Bertz CT molecular complexity index is 550. The molecule has 0 saturated heterocycles. The molecule has 100 valence electrons. The minimum Gasteiger partial charge on any atom is -0.398 e. The number of nitrogens with one attached hydrogen (secondary N) is 1. The van der Waals surface area contributed by atoms with Gasteiger partial charge in [-0.3, -0.25) is 5.84 Å². The largest absolute Gasteiger partial charge is 0.398 e. The molecule has 2 aromatic rings. The number of hydrogen-bond acceptors (Lipinski definition) is 3. The molecule has 0 aliphatic heterocycles. The van der Waals surface area contributed by atoms with E-state index in [0.717, 1.165) is 16.7 Å². The van der Waals surface area contributed by atoms with Gasteiger partial charge in [-0.25, -0.2) is 9.82 Å². The molecule has 19 heavy (non-hydrogen) atoms. The van der Waals surface area contributed by atoms with Crippen molar-refractivity contribution in [3.8, 4) is 0 Å². The number of hydrazine groups is 1. The predicted octanol–water partition coefficient (Wildman–Crippen LogP) is 2.92. The lowest BCUT2D eigenvalue weighted by molar-refractivity contribution is 0.612. The van der Waals surface area contributed by atoms with Gasteiger partial charge in [0.2, 0.25) is 0 Å². The summed E-state index contributed by atoms with van der Waals surface area (Å²) in [7, 11) is 0. The van der Waals surface area contributed by atoms with Crippen molar-refractivity contribution < 1.29 is 4.39 Å². The number of nitrogen functional groups attached to an aromatic ring is 1. The lowest BCUT2D eigenvalue weighted by Crippen LogP contribution is -2.30. The highest BCUT2D eigenvalue weighted by molar-refractivity contribution is 6.30. The van der Waals surface area contributed by atoms with E-state index in [-0.39, 0.29) is 11.9 Å². The summed E-state index contributed by atoms with van der Waals surface area (Å²) in [4.78, 5) is 0. The second kappa shape index (κ2) is 5.57. The summed E-state index contributed by atoms with van der Waals surface area (Å²) in [5, 5.41) is 0.563. The maximum absolute atomic E-state index is 13.2. The highest BCUT2D eigenvalue weighted by Crippen LogP contribution is 2.30. The van der Waals surface area contributed by atoms with Gasteiger partial charge in [-0.05, 0) is 47.9 Å². The molecule has 0 amide bonds. The van der Waals surface area contributed by atoms with Crippen LogP contribution in [0.3, 0.4) is 0 Å². The van der Waals surface area contributed by atoms with E-state index in [1.165, 1.54) is 12.1 Å². The second-order valence-electron chi connectivity index (χ2n) is 4.37. The van der Waals surface area contributed by atoms with Crippen LogP contribution >= 0.6 is 11.6 Å². The quantitative estimate of drug-likeness (QED) is 0.460. The summed E-state index contributed by atoms with van der Waals surface area (Å²) in [5.41, 5.74) is 11.7. The summed E-state index contributed by atoms with van der Waals surface area (Å²) in [6.45, 7) is 1.83. The number of anilines is 1. The lowest BCUT2D eigenvalue weighted by Gasteiger charge is -2.20. The van der Waals surface area contributed by atoms with Crippen molar-refractivity contribution in [3.63, 3.8) is 0 Å². The van der Waals surface area contributed by atoms with E-state index in [9.17, 15) is 4.39 Å². The van der Waals surface area contributed by atoms with Gasteiger partial charge in [-0.2, -0.15) is 0 Å². The first-order valence-corrected chi connectivity index (χ1v) is 6.18. The van der Waals surface area contributed by atoms with Crippen LogP contribution < -0.4 is 17.0 Å². The zero-order chi connectivity index (χ0) is 14.0. The maximum Gasteiger partial charge on any atom is 0.123 e. The van der Waals surface area contributed by atoms with Crippen molar-refractivity contribution >= 4 is 17.3 Å². The van der Waals surface area contributed by atoms with Crippen molar-refractivity contribution in [2.75, 3.05) is 5.73 Å². The molecule has 0 spiro atoms. The first-order valence-electron chi connectivity index (χ1n) is 5.80. The zero-order valence-electron chi connectivity index (χ0n) is 10.5. The van der Waals surface area contributed by atoms with Crippen molar-refractivity contribution in [2.24, 2.45) is 5.84 Å². The molecule has 2 aromatic carbocycles. The van der Waals surface area contributed by atoms with Crippen molar-refractivity contribution in [2.45, 2.75) is 13.0 Å². The standard InChI is InChI=1S/C14H15ClFN3/c1-8-6-10(16)3-5-11(8)14(19-18)12-4-2-9(15)7-13(12)17/h2-7,14,19H,17-18H2,1H3. The van der Waals surface area contributed by atoms with Crippen molar-refractivity contribution in [1.82, 2.24) is 5.43 Å². The zero-order valence-corrected chi connectivity index (χ0v) is 11.2. The third-order valence-electron chi connectivity index (χ3n) is 3.07. The molecule has 0 radical (unpaired) electrons. The van der Waals surface area contributed by atoms with Crippen LogP contribution in [0.25, 0.3) is 0 Å². The second-order valence-corrected chi connectivity index (χ2v) is 4.81. The van der Waals surface area contributed by atoms with Crippen LogP contribution in [0.4, 0.5) is 10.1 Å². The minimum atomic E-state index is -0.308. The van der Waals surface area contributed by atoms with Crippen molar-refractivity contribution in [1.29, 1.82) is 0 Å². The first-order chi connectivity index (χ1) is 9.02. The SMILES string of the molecule is Cc1cc(F)ccc1C(NN)c1ccc(Cl)cc1N. The van der Waals surface area contributed by atoms with Gasteiger partial charge in [0, 0.05) is 10.7 Å². The fourth-order valence-corrected chi connectivity index (χ4v) is 2.30. The summed E-state index contributed by atoms with van der Waals surface area (Å²) in [5.74, 6) is 5.34. The van der Waals surface area contributed by atoms with E-state index in [4.69, 9.17) is 23.2 Å². The Kier molecular flexibility index (Phi) is 4.04. The van der Waals surface area contributed by atoms with Crippen LogP contribution in [-0.4, -0.2) is 0 Å². The fraction of sp³-hybridized carbons (Fsp3) is 0.143. The third-order valence-corrected chi connectivity index (χ3v) is 3.30. The van der Waals surface area contributed by atoms with Gasteiger partial charge < -0.3 is 5.73 Å². The number of hydrogen-bond donors (Lipinski definition) is 3. The van der Waals surface area contributed by atoms with E-state index in [1.54, 1.807) is 18.2 Å². The van der Waals surface area contributed by atoms with Crippen molar-refractivity contribution in [3.05, 3.63) is 63.9 Å². The van der Waals surface area contributed by atoms with Crippen LogP contribution in [0, 0.1) is 12.7 Å². The van der Waals surface area contributed by atoms with Gasteiger partial charge in [0.25, 0.3) is 0 Å². The fourth-order valence-electron chi connectivity index (χ4n) is 2.12. The van der Waals surface area contributed by atoms with Gasteiger partial charge in [0.15, 0.2) is 0 Å². The number of rotatable bonds is 3. The highest BCUT2D eigenvalue weighted by Gasteiger charge is 2.17. The number of aryl methyl sites for hydroxylation is 1. The summed E-state index contributed by atoms with van der Waals surface area (Å²) in [6, 6.07) is 9.48. The normalized spacial score (nSPS) is 12.4. The molecule has 1 unspecified atom stereocenters. The Labute approximate surface area is 116 Å². The molecule has 3 nitrogen and oxygen atoms in total. The Morgan fingerprint density at radius 1 is 1.16 bits per heavy atom. The van der Waals surface area contributed by atoms with Gasteiger partial charge in [0.1, 0.15) is 5.82 Å². The minimum absolute atomic E-state index is 0.277. The average Bonchev–Trinajstić information content (AvgIpc) is 2.34. The van der Waals surface area contributed by atoms with Gasteiger partial charge in [-0.15, -0.1) is 0 Å². The molecule has 0 aromatic heterocycles. The molecular weight excluding hydrogens is 265 g/mol. The molecule has 1 atom stereocenters. The molecule has 5 heteroatoms. The van der Waals surface area contributed by atoms with E-state index >= 15 is 0 Å². The molecule has 0 aliphatic carbocycles. The van der Waals surface area contributed by atoms with Crippen LogP contribution in [0.1, 0.15) is 22.7 Å². The summed E-state index contributed by atoms with van der Waals surface area (Å²) in [6.07, 6.45) is 0. The monoisotopic (exact) mass is 279 g/mol. The maximum atomic E-state index is 13.2. The first kappa shape index (κ1) is 13.8. The molecular formula is C14H15ClFN3. The van der Waals surface area contributed by atoms with E-state index in [1.807, 2.05) is 13.0 Å². The molecule has 5 N–H and O–H groups in total. The number of nitrogens with two attached hydrogens (primary N) is 2. The molecule has 0 saturated carbocycles.